The number of nitrogen functional groups attached to an aromatic ring is 1. The van der Waals surface area contributed by atoms with Gasteiger partial charge in [-0.1, -0.05) is 0 Å². The van der Waals surface area contributed by atoms with Gasteiger partial charge in [0.15, 0.2) is 0 Å². The smallest absolute Gasteiger partial charge is 0.323 e. The molecule has 0 spiro atoms. The van der Waals surface area contributed by atoms with E-state index >= 15 is 0 Å². The first-order chi connectivity index (χ1) is 9.51. The van der Waals surface area contributed by atoms with Crippen molar-refractivity contribution in [3.8, 4) is 6.01 Å². The van der Waals surface area contributed by atoms with Crippen LogP contribution in [0.1, 0.15) is 26.7 Å². The van der Waals surface area contributed by atoms with E-state index in [-0.39, 0.29) is 30.0 Å². The summed E-state index contributed by atoms with van der Waals surface area (Å²) in [7, 11) is 1.62. The Hall–Kier alpha value is -2.12. The summed E-state index contributed by atoms with van der Waals surface area (Å²) in [5.41, 5.74) is 5.69. The topological polar surface area (TPSA) is 106 Å². The van der Waals surface area contributed by atoms with E-state index in [0.29, 0.717) is 12.5 Å². The SMILES string of the molecule is CNC(=O)C1CCCN1c1nc(N)nc(OC(C)C)n1. The van der Waals surface area contributed by atoms with Gasteiger partial charge in [-0.25, -0.2) is 0 Å². The van der Waals surface area contributed by atoms with Crippen molar-refractivity contribution in [2.24, 2.45) is 0 Å². The Morgan fingerprint density at radius 2 is 2.20 bits per heavy atom. The first-order valence-corrected chi connectivity index (χ1v) is 6.67. The van der Waals surface area contributed by atoms with E-state index in [2.05, 4.69) is 20.3 Å². The fraction of sp³-hybridized carbons (Fsp3) is 0.667. The van der Waals surface area contributed by atoms with Crippen LogP contribution in [0.25, 0.3) is 0 Å². The van der Waals surface area contributed by atoms with Crippen LogP contribution in [0, 0.1) is 0 Å². The highest BCUT2D eigenvalue weighted by Crippen LogP contribution is 2.24. The summed E-state index contributed by atoms with van der Waals surface area (Å²) in [6.45, 7) is 4.47. The lowest BCUT2D eigenvalue weighted by atomic mass is 10.2. The fourth-order valence-corrected chi connectivity index (χ4v) is 2.20. The van der Waals surface area contributed by atoms with Crippen LogP contribution in [0.2, 0.25) is 0 Å². The molecule has 1 aromatic rings. The molecule has 3 N–H and O–H groups in total. The zero-order valence-corrected chi connectivity index (χ0v) is 12.0. The third kappa shape index (κ3) is 3.06. The molecule has 0 aliphatic carbocycles. The molecule has 2 heterocycles. The molecular weight excluding hydrogens is 260 g/mol. The maximum absolute atomic E-state index is 11.9. The molecule has 1 atom stereocenters. The summed E-state index contributed by atoms with van der Waals surface area (Å²) in [6.07, 6.45) is 1.62. The molecule has 110 valence electrons. The summed E-state index contributed by atoms with van der Waals surface area (Å²) in [4.78, 5) is 26.0. The number of anilines is 2. The molecule has 1 aliphatic rings. The quantitative estimate of drug-likeness (QED) is 0.796. The Bertz CT molecular complexity index is 493. The monoisotopic (exact) mass is 280 g/mol. The first kappa shape index (κ1) is 14.3. The third-order valence-electron chi connectivity index (χ3n) is 3.02. The van der Waals surface area contributed by atoms with Crippen molar-refractivity contribution in [3.05, 3.63) is 0 Å². The van der Waals surface area contributed by atoms with Crippen LogP contribution in [-0.4, -0.2) is 46.6 Å². The van der Waals surface area contributed by atoms with E-state index in [1.807, 2.05) is 18.7 Å². The van der Waals surface area contributed by atoms with Crippen molar-refractivity contribution in [3.63, 3.8) is 0 Å². The van der Waals surface area contributed by atoms with E-state index in [1.54, 1.807) is 7.05 Å². The second kappa shape index (κ2) is 5.89. The van der Waals surface area contributed by atoms with Crippen LogP contribution in [0.5, 0.6) is 6.01 Å². The number of rotatable bonds is 4. The minimum Gasteiger partial charge on any atom is -0.461 e. The molecule has 0 bridgehead atoms. The van der Waals surface area contributed by atoms with E-state index in [1.165, 1.54) is 0 Å². The van der Waals surface area contributed by atoms with Gasteiger partial charge in [0, 0.05) is 13.6 Å². The van der Waals surface area contributed by atoms with Gasteiger partial charge in [0.2, 0.25) is 17.8 Å². The molecule has 8 heteroatoms. The lowest BCUT2D eigenvalue weighted by Crippen LogP contribution is -2.42. The van der Waals surface area contributed by atoms with Crippen LogP contribution in [0.4, 0.5) is 11.9 Å². The normalized spacial score (nSPS) is 18.4. The number of hydrogen-bond donors (Lipinski definition) is 2. The second-order valence-corrected chi connectivity index (χ2v) is 4.91. The number of nitrogens with two attached hydrogens (primary N) is 1. The molecule has 8 nitrogen and oxygen atoms in total. The Morgan fingerprint density at radius 1 is 1.45 bits per heavy atom. The van der Waals surface area contributed by atoms with Gasteiger partial charge >= 0.3 is 6.01 Å². The summed E-state index contributed by atoms with van der Waals surface area (Å²) in [6, 6.07) is -0.0845. The standard InChI is InChI=1S/C12H20N6O2/c1-7(2)20-12-16-10(13)15-11(17-12)18-6-4-5-8(18)9(19)14-3/h7-8H,4-6H2,1-3H3,(H,14,19)(H2,13,15,16,17). The van der Waals surface area contributed by atoms with Crippen LogP contribution in [0.15, 0.2) is 0 Å². The summed E-state index contributed by atoms with van der Waals surface area (Å²) < 4.78 is 5.45. The molecule has 0 saturated carbocycles. The Kier molecular flexibility index (Phi) is 4.21. The van der Waals surface area contributed by atoms with Gasteiger partial charge in [-0.05, 0) is 26.7 Å². The first-order valence-electron chi connectivity index (χ1n) is 6.67. The van der Waals surface area contributed by atoms with Crippen molar-refractivity contribution in [1.29, 1.82) is 0 Å². The molecule has 1 aromatic heterocycles. The van der Waals surface area contributed by atoms with Gasteiger partial charge in [0.1, 0.15) is 6.04 Å². The number of hydrogen-bond acceptors (Lipinski definition) is 7. The Labute approximate surface area is 117 Å². The van der Waals surface area contributed by atoms with E-state index in [9.17, 15) is 4.79 Å². The Morgan fingerprint density at radius 3 is 2.85 bits per heavy atom. The van der Waals surface area contributed by atoms with Crippen LogP contribution < -0.4 is 20.7 Å². The highest BCUT2D eigenvalue weighted by molar-refractivity contribution is 5.85. The van der Waals surface area contributed by atoms with Gasteiger partial charge < -0.3 is 20.7 Å². The number of ether oxygens (including phenoxy) is 1. The van der Waals surface area contributed by atoms with Crippen LogP contribution >= 0.6 is 0 Å². The number of carbonyl (C=O) groups excluding carboxylic acids is 1. The van der Waals surface area contributed by atoms with E-state index in [4.69, 9.17) is 10.5 Å². The van der Waals surface area contributed by atoms with Crippen LogP contribution in [-0.2, 0) is 4.79 Å². The lowest BCUT2D eigenvalue weighted by Gasteiger charge is -2.23. The van der Waals surface area contributed by atoms with Crippen molar-refractivity contribution in [2.45, 2.75) is 38.8 Å². The fourth-order valence-electron chi connectivity index (χ4n) is 2.20. The van der Waals surface area contributed by atoms with Crippen molar-refractivity contribution >= 4 is 17.8 Å². The molecule has 1 unspecified atom stereocenters. The zero-order chi connectivity index (χ0) is 14.7. The maximum atomic E-state index is 11.9. The molecule has 1 fully saturated rings. The molecule has 1 amide bonds. The van der Waals surface area contributed by atoms with E-state index in [0.717, 1.165) is 12.8 Å². The van der Waals surface area contributed by atoms with E-state index < -0.39 is 0 Å². The number of likely N-dealkylation sites (N-methyl/N-ethyl adjacent to an activating group) is 1. The highest BCUT2D eigenvalue weighted by atomic mass is 16.5. The van der Waals surface area contributed by atoms with Gasteiger partial charge in [-0.3, -0.25) is 4.79 Å². The average Bonchev–Trinajstić information content (AvgIpc) is 2.85. The lowest BCUT2D eigenvalue weighted by molar-refractivity contribution is -0.121. The zero-order valence-electron chi connectivity index (χ0n) is 12.0. The van der Waals surface area contributed by atoms with Crippen molar-refractivity contribution < 1.29 is 9.53 Å². The molecule has 20 heavy (non-hydrogen) atoms. The van der Waals surface area contributed by atoms with Gasteiger partial charge in [-0.15, -0.1) is 0 Å². The molecule has 2 rings (SSSR count). The Balaban J connectivity index is 2.27. The minimum absolute atomic E-state index is 0.0483. The molecular formula is C12H20N6O2. The number of nitrogens with one attached hydrogen (secondary N) is 1. The second-order valence-electron chi connectivity index (χ2n) is 4.91. The number of nitrogens with zero attached hydrogens (tertiary/aromatic N) is 4. The van der Waals surface area contributed by atoms with Crippen molar-refractivity contribution in [2.75, 3.05) is 24.2 Å². The summed E-state index contributed by atoms with van der Waals surface area (Å²) in [5.74, 6) is 0.431. The molecule has 0 aromatic carbocycles. The maximum Gasteiger partial charge on any atom is 0.323 e. The third-order valence-corrected chi connectivity index (χ3v) is 3.02. The average molecular weight is 280 g/mol. The number of carbonyl (C=O) groups is 1. The van der Waals surface area contributed by atoms with Gasteiger partial charge in [0.25, 0.3) is 0 Å². The van der Waals surface area contributed by atoms with Gasteiger partial charge in [0.05, 0.1) is 6.10 Å². The largest absolute Gasteiger partial charge is 0.461 e. The van der Waals surface area contributed by atoms with Crippen LogP contribution in [0.3, 0.4) is 0 Å². The number of amides is 1. The summed E-state index contributed by atoms with van der Waals surface area (Å²) >= 11 is 0. The minimum atomic E-state index is -0.270. The predicted octanol–water partition coefficient (Wildman–Crippen LogP) is -0.0442. The predicted molar refractivity (Wildman–Crippen MR) is 74.4 cm³/mol. The van der Waals surface area contributed by atoms with Gasteiger partial charge in [-0.2, -0.15) is 15.0 Å². The highest BCUT2D eigenvalue weighted by Gasteiger charge is 2.32. The molecule has 1 saturated heterocycles. The van der Waals surface area contributed by atoms with Crippen molar-refractivity contribution in [1.82, 2.24) is 20.3 Å². The molecule has 0 radical (unpaired) electrons. The summed E-state index contributed by atoms with van der Waals surface area (Å²) in [5, 5.41) is 2.65. The number of aromatic nitrogens is 3. The molecule has 1 aliphatic heterocycles.